The van der Waals surface area contributed by atoms with E-state index >= 15 is 0 Å². The highest BCUT2D eigenvalue weighted by molar-refractivity contribution is 8.01. The number of hydrogen-bond acceptors (Lipinski definition) is 6. The van der Waals surface area contributed by atoms with Gasteiger partial charge in [0.1, 0.15) is 23.0 Å². The van der Waals surface area contributed by atoms with E-state index in [-0.39, 0.29) is 13.4 Å². The Hall–Kier alpha value is -8.03. The van der Waals surface area contributed by atoms with Crippen LogP contribution >= 0.6 is 23.5 Å². The molecule has 0 spiro atoms. The molecule has 0 saturated carbocycles. The fourth-order valence-corrected chi connectivity index (χ4v) is 14.0. The summed E-state index contributed by atoms with van der Waals surface area (Å²) in [6.07, 6.45) is 0. The summed E-state index contributed by atoms with van der Waals surface area (Å²) in [6, 6.07) is 83.2. The molecule has 11 aromatic carbocycles. The predicted octanol–water partition coefficient (Wildman–Crippen LogP) is 13.1. The topological polar surface area (TPSA) is 24.9 Å². The summed E-state index contributed by atoms with van der Waals surface area (Å²) >= 11 is 3.82. The molecular weight excluding hydrogens is 890 g/mol. The molecule has 0 aromatic heterocycles. The lowest BCUT2D eigenvalue weighted by molar-refractivity contribution is 0.483. The van der Waals surface area contributed by atoms with Crippen LogP contribution in [0.2, 0.25) is 0 Å². The zero-order valence-electron chi connectivity index (χ0n) is 37.6. The van der Waals surface area contributed by atoms with Gasteiger partial charge in [-0.3, -0.25) is 0 Å². The maximum absolute atomic E-state index is 6.47. The summed E-state index contributed by atoms with van der Waals surface area (Å²) in [5, 5.41) is 4.70. The number of benzene rings is 11. The lowest BCUT2D eigenvalue weighted by Gasteiger charge is -2.43. The molecule has 0 aliphatic carbocycles. The van der Waals surface area contributed by atoms with Crippen molar-refractivity contribution in [2.45, 2.75) is 19.6 Å². The average molecular weight is 929 g/mol. The van der Waals surface area contributed by atoms with Gasteiger partial charge in [-0.25, -0.2) is 0 Å². The zero-order chi connectivity index (χ0) is 45.9. The third kappa shape index (κ3) is 6.16. The highest BCUT2D eigenvalue weighted by Gasteiger charge is 2.46. The number of para-hydroxylation sites is 6. The van der Waals surface area contributed by atoms with Gasteiger partial charge in [0.25, 0.3) is 0 Å². The molecule has 11 aromatic rings. The third-order valence-corrected chi connectivity index (χ3v) is 16.6. The van der Waals surface area contributed by atoms with E-state index in [0.717, 1.165) is 45.1 Å². The van der Waals surface area contributed by atoms with Gasteiger partial charge in [-0.2, -0.15) is 0 Å². The lowest BCUT2D eigenvalue weighted by Crippen LogP contribution is -2.63. The Balaban J connectivity index is 0.956. The van der Waals surface area contributed by atoms with Gasteiger partial charge in [-0.1, -0.05) is 150 Å². The van der Waals surface area contributed by atoms with Gasteiger partial charge >= 0.3 is 0 Å². The second-order valence-corrected chi connectivity index (χ2v) is 20.5. The van der Waals surface area contributed by atoms with Crippen LogP contribution in [0.1, 0.15) is 0 Å². The zero-order valence-corrected chi connectivity index (χ0v) is 39.3. The molecule has 4 heterocycles. The van der Waals surface area contributed by atoms with Crippen molar-refractivity contribution in [3.8, 4) is 23.0 Å². The van der Waals surface area contributed by atoms with Crippen molar-refractivity contribution in [1.29, 1.82) is 0 Å². The smallest absolute Gasteiger partial charge is 0.249 e. The molecule has 15 rings (SSSR count). The van der Waals surface area contributed by atoms with Gasteiger partial charge in [-0.05, 0) is 148 Å². The molecule has 0 atom stereocenters. The minimum Gasteiger partial charge on any atom is -0.457 e. The molecule has 70 heavy (non-hydrogen) atoms. The van der Waals surface area contributed by atoms with Crippen LogP contribution in [0.3, 0.4) is 0 Å². The Morgan fingerprint density at radius 3 is 1.16 bits per heavy atom. The van der Waals surface area contributed by atoms with Gasteiger partial charge in [0.15, 0.2) is 0 Å². The number of fused-ring (bicyclic) bond motifs is 12. The first kappa shape index (κ1) is 39.9. The summed E-state index contributed by atoms with van der Waals surface area (Å²) < 4.78 is 12.9. The minimum absolute atomic E-state index is 0.0116. The summed E-state index contributed by atoms with van der Waals surface area (Å²) in [7, 11) is 0. The standard InChI is InChI=1S/C62H38B2N2O2S2/c1-5-17-41(18-6-1)65-53-27-15-13-25-49(53)63-51-37-52-56(38-55(51)69-57-35-39-33-45(67-43-21-9-3-10-22-43)29-31-47(39)61(65)59(57)63)70-58-36-40-34-46(68-44-23-11-4-12-24-44)30-32-48(40)62-60(58)64(52)50-26-14-16-28-54(50)66(62)42-19-7-2-8-20-42/h1-38H. The molecule has 0 fully saturated rings. The van der Waals surface area contributed by atoms with Crippen LogP contribution in [0.5, 0.6) is 23.0 Å². The molecule has 8 heteroatoms. The highest BCUT2D eigenvalue weighted by atomic mass is 32.2. The van der Waals surface area contributed by atoms with Crippen molar-refractivity contribution in [3.05, 3.63) is 231 Å². The Kier molecular flexibility index (Phi) is 8.98. The Morgan fingerprint density at radius 1 is 0.314 bits per heavy atom. The number of ether oxygens (including phenoxy) is 2. The van der Waals surface area contributed by atoms with Gasteiger partial charge < -0.3 is 19.3 Å². The van der Waals surface area contributed by atoms with Crippen LogP contribution in [-0.2, 0) is 0 Å². The summed E-state index contributed by atoms with van der Waals surface area (Å²) in [6.45, 7) is 0.0232. The lowest BCUT2D eigenvalue weighted by atomic mass is 9.31. The van der Waals surface area contributed by atoms with Crippen LogP contribution < -0.4 is 52.1 Å². The minimum atomic E-state index is 0.0116. The Labute approximate surface area is 415 Å². The van der Waals surface area contributed by atoms with E-state index < -0.39 is 0 Å². The van der Waals surface area contributed by atoms with Crippen LogP contribution in [-0.4, -0.2) is 13.4 Å². The third-order valence-electron chi connectivity index (χ3n) is 14.4. The molecule has 4 nitrogen and oxygen atoms in total. The monoisotopic (exact) mass is 928 g/mol. The first-order valence-electron chi connectivity index (χ1n) is 23.8. The van der Waals surface area contributed by atoms with E-state index in [2.05, 4.69) is 180 Å². The molecule has 0 radical (unpaired) electrons. The van der Waals surface area contributed by atoms with E-state index in [0.29, 0.717) is 0 Å². The average Bonchev–Trinajstić information content (AvgIpc) is 3.41. The molecule has 0 N–H and O–H groups in total. The van der Waals surface area contributed by atoms with Gasteiger partial charge in [-0.15, -0.1) is 0 Å². The number of hydrogen-bond donors (Lipinski definition) is 0. The highest BCUT2D eigenvalue weighted by Crippen LogP contribution is 2.49. The SMILES string of the molecule is c1ccc(Oc2ccc3c4c5c(cc3c2)Sc2cc3c(cc2B5c2ccccc2N4c2ccccc2)B2c4ccccc4N(c4ccccc4)c4c2c(cc2cc(Oc5ccccc5)ccc42)S3)cc1. The van der Waals surface area contributed by atoms with Gasteiger partial charge in [0.05, 0.1) is 11.4 Å². The Morgan fingerprint density at radius 2 is 0.714 bits per heavy atom. The van der Waals surface area contributed by atoms with Crippen molar-refractivity contribution >= 4 is 125 Å². The first-order valence-corrected chi connectivity index (χ1v) is 25.4. The van der Waals surface area contributed by atoms with E-state index in [9.17, 15) is 0 Å². The molecule has 4 aliphatic rings. The molecular formula is C62H38B2N2O2S2. The molecule has 0 bridgehead atoms. The predicted molar refractivity (Wildman–Crippen MR) is 294 cm³/mol. The number of nitrogens with zero attached hydrogens (tertiary/aromatic N) is 2. The van der Waals surface area contributed by atoms with Crippen molar-refractivity contribution in [2.75, 3.05) is 9.80 Å². The maximum Gasteiger partial charge on any atom is 0.249 e. The fourth-order valence-electron chi connectivity index (χ4n) is 11.5. The Bertz CT molecular complexity index is 3680. The number of rotatable bonds is 6. The van der Waals surface area contributed by atoms with Crippen LogP contribution in [0, 0.1) is 0 Å². The summed E-state index contributed by atoms with van der Waals surface area (Å²) in [5.41, 5.74) is 15.2. The fraction of sp³-hybridized carbons (Fsp3) is 0. The molecule has 0 unspecified atom stereocenters. The second-order valence-electron chi connectivity index (χ2n) is 18.3. The second kappa shape index (κ2) is 15.8. The molecule has 0 amide bonds. The largest absolute Gasteiger partial charge is 0.457 e. The summed E-state index contributed by atoms with van der Waals surface area (Å²) in [4.78, 5) is 10.1. The van der Waals surface area contributed by atoms with Crippen LogP contribution in [0.4, 0.5) is 34.1 Å². The van der Waals surface area contributed by atoms with Gasteiger partial charge in [0.2, 0.25) is 13.4 Å². The van der Waals surface area contributed by atoms with Crippen molar-refractivity contribution in [3.63, 3.8) is 0 Å². The van der Waals surface area contributed by atoms with Gasteiger partial charge in [0, 0.05) is 53.1 Å². The van der Waals surface area contributed by atoms with E-state index in [1.807, 2.05) is 84.2 Å². The quantitative estimate of drug-likeness (QED) is 0.154. The van der Waals surface area contributed by atoms with E-state index in [1.54, 1.807) is 0 Å². The van der Waals surface area contributed by atoms with E-state index in [1.165, 1.54) is 85.9 Å². The summed E-state index contributed by atoms with van der Waals surface area (Å²) in [5.74, 6) is 3.28. The van der Waals surface area contributed by atoms with E-state index in [4.69, 9.17) is 9.47 Å². The number of anilines is 6. The molecule has 0 saturated heterocycles. The van der Waals surface area contributed by atoms with Crippen molar-refractivity contribution in [2.24, 2.45) is 0 Å². The maximum atomic E-state index is 6.47. The van der Waals surface area contributed by atoms with Crippen LogP contribution in [0.15, 0.2) is 250 Å². The molecule has 326 valence electrons. The first-order chi connectivity index (χ1) is 34.7. The van der Waals surface area contributed by atoms with Crippen LogP contribution in [0.25, 0.3) is 21.5 Å². The van der Waals surface area contributed by atoms with Crippen molar-refractivity contribution < 1.29 is 9.47 Å². The van der Waals surface area contributed by atoms with Crippen molar-refractivity contribution in [1.82, 2.24) is 0 Å². The normalized spacial score (nSPS) is 13.5. The molecule has 4 aliphatic heterocycles.